The van der Waals surface area contributed by atoms with Gasteiger partial charge >= 0.3 is 0 Å². The first kappa shape index (κ1) is 18.4. The molecule has 0 spiro atoms. The molecule has 2 fully saturated rings. The van der Waals surface area contributed by atoms with E-state index < -0.39 is 0 Å². The quantitative estimate of drug-likeness (QED) is 0.847. The molecular weight excluding hydrogens is 358 g/mol. The molecule has 2 atom stereocenters. The predicted molar refractivity (Wildman–Crippen MR) is 108 cm³/mol. The summed E-state index contributed by atoms with van der Waals surface area (Å²) >= 11 is 1.52. The van der Waals surface area contributed by atoms with E-state index >= 15 is 0 Å². The molecule has 1 N–H and O–H groups in total. The maximum Gasteiger partial charge on any atom is 0.273 e. The van der Waals surface area contributed by atoms with Gasteiger partial charge in [0, 0.05) is 36.1 Å². The number of benzene rings is 1. The molecule has 0 aliphatic carbocycles. The van der Waals surface area contributed by atoms with Crippen molar-refractivity contribution < 1.29 is 9.53 Å². The molecule has 0 saturated carbocycles. The van der Waals surface area contributed by atoms with Crippen LogP contribution in [-0.2, 0) is 0 Å². The summed E-state index contributed by atoms with van der Waals surface area (Å²) in [5.41, 5.74) is 1.56. The zero-order valence-electron chi connectivity index (χ0n) is 16.1. The van der Waals surface area contributed by atoms with E-state index in [9.17, 15) is 4.79 Å². The van der Waals surface area contributed by atoms with Gasteiger partial charge in [0.2, 0.25) is 0 Å². The standard InChI is InChI=1S/C21H27N3O2S/c1-13(2)26-18-8-4-14(5-9-18)20-23-19(12-27-20)21(25)24(3)17-10-15-6-7-16(11-17)22-15/h4-5,8-9,12-13,15-17,22H,6-7,10-11H2,1-3H3. The normalized spacial score (nSPS) is 24.2. The number of nitrogens with one attached hydrogen (secondary N) is 1. The topological polar surface area (TPSA) is 54.5 Å². The van der Waals surface area contributed by atoms with E-state index in [1.54, 1.807) is 0 Å². The van der Waals surface area contributed by atoms with Crippen LogP contribution in [0.5, 0.6) is 5.75 Å². The summed E-state index contributed by atoms with van der Waals surface area (Å²) in [6, 6.07) is 9.36. The van der Waals surface area contributed by atoms with Gasteiger partial charge in [-0.05, 0) is 63.8 Å². The molecule has 6 heteroatoms. The number of fused-ring (bicyclic) bond motifs is 2. The van der Waals surface area contributed by atoms with Gasteiger partial charge in [0.05, 0.1) is 6.10 Å². The van der Waals surface area contributed by atoms with Crippen molar-refractivity contribution in [2.45, 2.75) is 63.8 Å². The summed E-state index contributed by atoms with van der Waals surface area (Å²) < 4.78 is 5.69. The Balaban J connectivity index is 1.44. The molecule has 4 rings (SSSR count). The number of amides is 1. The van der Waals surface area contributed by atoms with E-state index in [2.05, 4.69) is 10.3 Å². The molecule has 1 aromatic heterocycles. The smallest absolute Gasteiger partial charge is 0.273 e. The minimum absolute atomic E-state index is 0.0311. The molecule has 2 bridgehead atoms. The van der Waals surface area contributed by atoms with Gasteiger partial charge in [-0.1, -0.05) is 0 Å². The van der Waals surface area contributed by atoms with Crippen molar-refractivity contribution in [2.75, 3.05) is 7.05 Å². The highest BCUT2D eigenvalue weighted by Gasteiger charge is 2.36. The lowest BCUT2D eigenvalue weighted by Gasteiger charge is -2.35. The highest BCUT2D eigenvalue weighted by molar-refractivity contribution is 7.13. The number of ether oxygens (including phenoxy) is 1. The highest BCUT2D eigenvalue weighted by atomic mass is 32.1. The van der Waals surface area contributed by atoms with E-state index in [-0.39, 0.29) is 12.0 Å². The van der Waals surface area contributed by atoms with Crippen molar-refractivity contribution in [1.82, 2.24) is 15.2 Å². The number of aromatic nitrogens is 1. The number of hydrogen-bond acceptors (Lipinski definition) is 5. The van der Waals surface area contributed by atoms with E-state index in [0.29, 0.717) is 23.8 Å². The second-order valence-electron chi connectivity index (χ2n) is 7.91. The zero-order chi connectivity index (χ0) is 19.0. The van der Waals surface area contributed by atoms with Crippen LogP contribution in [0.25, 0.3) is 10.6 Å². The van der Waals surface area contributed by atoms with Gasteiger partial charge < -0.3 is 15.0 Å². The molecule has 1 aromatic carbocycles. The van der Waals surface area contributed by atoms with Gasteiger partial charge in [-0.2, -0.15) is 0 Å². The summed E-state index contributed by atoms with van der Waals surface area (Å²) in [7, 11) is 1.93. The van der Waals surface area contributed by atoms with Crippen molar-refractivity contribution in [3.05, 3.63) is 35.3 Å². The monoisotopic (exact) mass is 385 g/mol. The number of thiazole rings is 1. The third kappa shape index (κ3) is 4.01. The molecule has 2 aromatic rings. The molecule has 5 nitrogen and oxygen atoms in total. The van der Waals surface area contributed by atoms with Crippen molar-refractivity contribution in [3.63, 3.8) is 0 Å². The Hall–Kier alpha value is -1.92. The van der Waals surface area contributed by atoms with Crippen LogP contribution < -0.4 is 10.1 Å². The van der Waals surface area contributed by atoms with Crippen LogP contribution in [0, 0.1) is 0 Å². The first-order chi connectivity index (χ1) is 13.0. The van der Waals surface area contributed by atoms with Gasteiger partial charge in [0.1, 0.15) is 16.5 Å². The number of piperidine rings is 1. The number of carbonyl (C=O) groups is 1. The number of rotatable bonds is 5. The van der Waals surface area contributed by atoms with E-state index in [1.807, 2.05) is 55.4 Å². The third-order valence-electron chi connectivity index (χ3n) is 5.51. The molecule has 1 amide bonds. The Morgan fingerprint density at radius 2 is 1.89 bits per heavy atom. The maximum atomic E-state index is 12.9. The van der Waals surface area contributed by atoms with Crippen LogP contribution in [0.15, 0.2) is 29.6 Å². The molecule has 2 aliphatic heterocycles. The second-order valence-corrected chi connectivity index (χ2v) is 8.77. The number of carbonyl (C=O) groups excluding carboxylic acids is 1. The molecular formula is C21H27N3O2S. The molecule has 2 unspecified atom stereocenters. The minimum Gasteiger partial charge on any atom is -0.491 e. The molecule has 2 saturated heterocycles. The maximum absolute atomic E-state index is 12.9. The van der Waals surface area contributed by atoms with Gasteiger partial charge in [-0.15, -0.1) is 11.3 Å². The fourth-order valence-corrected chi connectivity index (χ4v) is 4.94. The van der Waals surface area contributed by atoms with Gasteiger partial charge in [-0.3, -0.25) is 4.79 Å². The molecule has 27 heavy (non-hydrogen) atoms. The summed E-state index contributed by atoms with van der Waals surface area (Å²) in [4.78, 5) is 19.4. The average Bonchev–Trinajstić information content (AvgIpc) is 3.27. The van der Waals surface area contributed by atoms with E-state index in [0.717, 1.165) is 29.2 Å². The Morgan fingerprint density at radius 3 is 2.52 bits per heavy atom. The van der Waals surface area contributed by atoms with Crippen molar-refractivity contribution in [2.24, 2.45) is 0 Å². The first-order valence-corrected chi connectivity index (χ1v) is 10.6. The van der Waals surface area contributed by atoms with Crippen molar-refractivity contribution in [3.8, 4) is 16.3 Å². The van der Waals surface area contributed by atoms with Crippen LogP contribution in [0.4, 0.5) is 0 Å². The van der Waals surface area contributed by atoms with Crippen LogP contribution in [0.2, 0.25) is 0 Å². The Labute approximate surface area is 164 Å². The third-order valence-corrected chi connectivity index (χ3v) is 6.40. The van der Waals surface area contributed by atoms with Gasteiger partial charge in [0.15, 0.2) is 0 Å². The minimum atomic E-state index is 0.0311. The van der Waals surface area contributed by atoms with Gasteiger partial charge in [0.25, 0.3) is 5.91 Å². The summed E-state index contributed by atoms with van der Waals surface area (Å²) in [6.45, 7) is 4.02. The Bertz CT molecular complexity index is 790. The second kappa shape index (κ2) is 7.60. The molecule has 144 valence electrons. The SMILES string of the molecule is CC(C)Oc1ccc(-c2nc(C(=O)N(C)C3CC4CCC(C3)N4)cs2)cc1. The predicted octanol–water partition coefficient (Wildman–Crippen LogP) is 3.95. The Kier molecular flexibility index (Phi) is 5.19. The number of nitrogens with zero attached hydrogens (tertiary/aromatic N) is 2. The van der Waals surface area contributed by atoms with Crippen molar-refractivity contribution >= 4 is 17.2 Å². The fourth-order valence-electron chi connectivity index (χ4n) is 4.14. The zero-order valence-corrected chi connectivity index (χ0v) is 17.0. The Morgan fingerprint density at radius 1 is 1.22 bits per heavy atom. The largest absolute Gasteiger partial charge is 0.491 e. The fraction of sp³-hybridized carbons (Fsp3) is 0.524. The van der Waals surface area contributed by atoms with Crippen LogP contribution in [0.3, 0.4) is 0 Å². The lowest BCUT2D eigenvalue weighted by molar-refractivity contribution is 0.0676. The molecule has 2 aliphatic rings. The number of hydrogen-bond donors (Lipinski definition) is 1. The summed E-state index contributed by atoms with van der Waals surface area (Å²) in [5.74, 6) is 0.880. The van der Waals surface area contributed by atoms with Crippen LogP contribution in [0.1, 0.15) is 50.0 Å². The first-order valence-electron chi connectivity index (χ1n) is 9.75. The average molecular weight is 386 g/mol. The van der Waals surface area contributed by atoms with Crippen LogP contribution in [-0.4, -0.2) is 47.1 Å². The molecule has 3 heterocycles. The summed E-state index contributed by atoms with van der Waals surface area (Å²) in [6.07, 6.45) is 4.72. The molecule has 0 radical (unpaired) electrons. The highest BCUT2D eigenvalue weighted by Crippen LogP contribution is 2.31. The van der Waals surface area contributed by atoms with Gasteiger partial charge in [-0.25, -0.2) is 4.98 Å². The van der Waals surface area contributed by atoms with E-state index in [4.69, 9.17) is 4.74 Å². The van der Waals surface area contributed by atoms with Crippen LogP contribution >= 0.6 is 11.3 Å². The van der Waals surface area contributed by atoms with E-state index in [1.165, 1.54) is 24.2 Å². The lowest BCUT2D eigenvalue weighted by Crippen LogP contribution is -2.48. The van der Waals surface area contributed by atoms with Crippen molar-refractivity contribution in [1.29, 1.82) is 0 Å². The lowest BCUT2D eigenvalue weighted by atomic mass is 9.98. The summed E-state index contributed by atoms with van der Waals surface area (Å²) in [5, 5.41) is 6.38.